The number of aryl methyl sites for hydroxylation is 1. The van der Waals surface area contributed by atoms with Gasteiger partial charge in [0.25, 0.3) is 5.56 Å². The maximum atomic E-state index is 13.4. The molecule has 7 heteroatoms. The van der Waals surface area contributed by atoms with E-state index in [9.17, 15) is 9.59 Å². The highest BCUT2D eigenvalue weighted by atomic mass is 16.2. The third-order valence-corrected chi connectivity index (χ3v) is 8.87. The van der Waals surface area contributed by atoms with Gasteiger partial charge in [0.05, 0.1) is 11.6 Å². The molecule has 1 saturated heterocycles. The largest absolute Gasteiger partial charge is 0.353 e. The zero-order valence-electron chi connectivity index (χ0n) is 21.5. The molecule has 3 N–H and O–H groups in total. The van der Waals surface area contributed by atoms with Crippen molar-refractivity contribution in [3.05, 3.63) is 76.3 Å². The number of nitrogens with zero attached hydrogens (tertiary/aromatic N) is 2. The maximum Gasteiger partial charge on any atom is 0.251 e. The van der Waals surface area contributed by atoms with E-state index in [1.54, 1.807) is 6.07 Å². The van der Waals surface area contributed by atoms with Crippen molar-refractivity contribution < 1.29 is 4.79 Å². The lowest BCUT2D eigenvalue weighted by molar-refractivity contribution is -0.127. The molecule has 6 atom stereocenters. The summed E-state index contributed by atoms with van der Waals surface area (Å²) in [4.78, 5) is 30.5. The average Bonchev–Trinajstić information content (AvgIpc) is 3.34. The number of hydrogen-bond donors (Lipinski definition) is 3. The molecule has 2 aromatic heterocycles. The van der Waals surface area contributed by atoms with Crippen molar-refractivity contribution >= 4 is 16.8 Å². The summed E-state index contributed by atoms with van der Waals surface area (Å²) < 4.78 is 1.92. The van der Waals surface area contributed by atoms with Gasteiger partial charge in [-0.3, -0.25) is 20.0 Å². The molecule has 1 aromatic carbocycles. The Balaban J connectivity index is 1.09. The Kier molecular flexibility index (Phi) is 6.82. The summed E-state index contributed by atoms with van der Waals surface area (Å²) in [6.07, 6.45) is 8.83. The fourth-order valence-corrected chi connectivity index (χ4v) is 6.98. The van der Waals surface area contributed by atoms with Crippen molar-refractivity contribution in [1.82, 2.24) is 25.7 Å². The number of nitrogens with one attached hydrogen (secondary N) is 3. The van der Waals surface area contributed by atoms with Gasteiger partial charge in [0.15, 0.2) is 0 Å². The summed E-state index contributed by atoms with van der Waals surface area (Å²) in [6.45, 7) is 2.73. The Morgan fingerprint density at radius 2 is 1.95 bits per heavy atom. The Hall–Kier alpha value is -3.03. The van der Waals surface area contributed by atoms with Crippen molar-refractivity contribution in [3.8, 4) is 0 Å². The molecule has 3 fully saturated rings. The number of carbonyl (C=O) groups excluding carboxylic acids is 1. The molecule has 6 rings (SSSR count). The molecular formula is C30H37N5O2. The summed E-state index contributed by atoms with van der Waals surface area (Å²) >= 11 is 0. The lowest BCUT2D eigenvalue weighted by atomic mass is 9.74. The number of pyridine rings is 2. The summed E-state index contributed by atoms with van der Waals surface area (Å²) in [5.74, 6) is 1.04. The maximum absolute atomic E-state index is 13.4. The third kappa shape index (κ3) is 5.07. The lowest BCUT2D eigenvalue weighted by Gasteiger charge is -2.35. The first kappa shape index (κ1) is 24.3. The molecule has 0 radical (unpaired) electrons. The van der Waals surface area contributed by atoms with Crippen LogP contribution in [0.5, 0.6) is 0 Å². The van der Waals surface area contributed by atoms with Crippen LogP contribution < -0.4 is 21.7 Å². The summed E-state index contributed by atoms with van der Waals surface area (Å²) in [7, 11) is 0. The minimum atomic E-state index is 0.0504. The molecule has 1 aliphatic heterocycles. The number of aromatic nitrogens is 2. The second-order valence-electron chi connectivity index (χ2n) is 11.4. The second kappa shape index (κ2) is 10.4. The first-order valence-corrected chi connectivity index (χ1v) is 13.9. The highest BCUT2D eigenvalue weighted by Gasteiger charge is 2.43. The van der Waals surface area contributed by atoms with Crippen molar-refractivity contribution in [2.75, 3.05) is 0 Å². The molecule has 6 unspecified atom stereocenters. The minimum absolute atomic E-state index is 0.0504. The lowest BCUT2D eigenvalue weighted by Crippen LogP contribution is -2.45. The average molecular weight is 500 g/mol. The van der Waals surface area contributed by atoms with Gasteiger partial charge in [0.1, 0.15) is 0 Å². The normalized spacial score (nSPS) is 29.6. The summed E-state index contributed by atoms with van der Waals surface area (Å²) in [6, 6.07) is 16.7. The van der Waals surface area contributed by atoms with Crippen LogP contribution in [-0.4, -0.2) is 27.5 Å². The van der Waals surface area contributed by atoms with Crippen LogP contribution in [0.4, 0.5) is 0 Å². The quantitative estimate of drug-likeness (QED) is 0.494. The molecule has 1 amide bonds. The fraction of sp³-hybridized carbons (Fsp3) is 0.500. The highest BCUT2D eigenvalue weighted by molar-refractivity contribution is 5.79. The first-order chi connectivity index (χ1) is 18.0. The molecule has 2 aliphatic carbocycles. The van der Waals surface area contributed by atoms with E-state index >= 15 is 0 Å². The molecule has 3 aromatic rings. The van der Waals surface area contributed by atoms with Crippen LogP contribution in [0.2, 0.25) is 0 Å². The third-order valence-electron chi connectivity index (χ3n) is 8.87. The number of para-hydroxylation sites is 1. The van der Waals surface area contributed by atoms with Gasteiger partial charge in [-0.05, 0) is 92.5 Å². The van der Waals surface area contributed by atoms with Crippen molar-refractivity contribution in [1.29, 1.82) is 0 Å². The van der Waals surface area contributed by atoms with Crippen molar-refractivity contribution in [2.24, 2.45) is 17.8 Å². The van der Waals surface area contributed by atoms with Crippen molar-refractivity contribution in [3.63, 3.8) is 0 Å². The Morgan fingerprint density at radius 3 is 2.84 bits per heavy atom. The number of rotatable bonds is 5. The van der Waals surface area contributed by atoms with Gasteiger partial charge in [-0.2, -0.15) is 0 Å². The second-order valence-corrected chi connectivity index (χ2v) is 11.4. The van der Waals surface area contributed by atoms with Gasteiger partial charge in [-0.1, -0.05) is 24.6 Å². The van der Waals surface area contributed by atoms with Crippen LogP contribution in [0.3, 0.4) is 0 Å². The molecule has 3 heterocycles. The van der Waals surface area contributed by atoms with Gasteiger partial charge >= 0.3 is 0 Å². The molecule has 7 nitrogen and oxygen atoms in total. The van der Waals surface area contributed by atoms with Crippen molar-refractivity contribution in [2.45, 2.75) is 76.5 Å². The number of amides is 1. The van der Waals surface area contributed by atoms with E-state index in [0.717, 1.165) is 61.5 Å². The van der Waals surface area contributed by atoms with Gasteiger partial charge in [-0.25, -0.2) is 5.43 Å². The van der Waals surface area contributed by atoms with Crippen LogP contribution >= 0.6 is 0 Å². The monoisotopic (exact) mass is 499 g/mol. The predicted molar refractivity (Wildman–Crippen MR) is 145 cm³/mol. The Labute approximate surface area is 218 Å². The number of hydrazine groups is 1. The van der Waals surface area contributed by atoms with Gasteiger partial charge in [-0.15, -0.1) is 0 Å². The molecule has 194 valence electrons. The van der Waals surface area contributed by atoms with E-state index < -0.39 is 0 Å². The molecule has 0 spiro atoms. The van der Waals surface area contributed by atoms with E-state index in [4.69, 9.17) is 0 Å². The molecular weight excluding hydrogens is 462 g/mol. The topological polar surface area (TPSA) is 88.0 Å². The van der Waals surface area contributed by atoms with Gasteiger partial charge in [0.2, 0.25) is 5.91 Å². The van der Waals surface area contributed by atoms with Crippen LogP contribution in [-0.2, 0) is 11.3 Å². The van der Waals surface area contributed by atoms with E-state index in [1.807, 2.05) is 42.0 Å². The van der Waals surface area contributed by atoms with Crippen LogP contribution in [0, 0.1) is 24.7 Å². The molecule has 37 heavy (non-hydrogen) atoms. The molecule has 3 aliphatic rings. The van der Waals surface area contributed by atoms with E-state index in [2.05, 4.69) is 39.4 Å². The molecule has 2 saturated carbocycles. The highest BCUT2D eigenvalue weighted by Crippen LogP contribution is 2.40. The summed E-state index contributed by atoms with van der Waals surface area (Å²) in [5, 5.41) is 4.51. The van der Waals surface area contributed by atoms with E-state index in [-0.39, 0.29) is 29.5 Å². The fourth-order valence-electron chi connectivity index (χ4n) is 6.98. The predicted octanol–water partition coefficient (Wildman–Crippen LogP) is 4.01. The van der Waals surface area contributed by atoms with Crippen LogP contribution in [0.15, 0.2) is 59.5 Å². The number of fused-ring (bicyclic) bond motifs is 2. The van der Waals surface area contributed by atoms with Gasteiger partial charge < -0.3 is 9.88 Å². The smallest absolute Gasteiger partial charge is 0.251 e. The zero-order chi connectivity index (χ0) is 25.4. The minimum Gasteiger partial charge on any atom is -0.353 e. The van der Waals surface area contributed by atoms with Crippen LogP contribution in [0.25, 0.3) is 10.9 Å². The van der Waals surface area contributed by atoms with E-state index in [1.165, 1.54) is 5.56 Å². The SMILES string of the molecule is Cc1cc(C2NNC3CCC(C(=O)NC4CCCC(Cn5c(=O)ccc6ccccc65)C4)CC32)ccn1. The number of benzene rings is 1. The Bertz CT molecular complexity index is 1340. The first-order valence-electron chi connectivity index (χ1n) is 13.9. The van der Waals surface area contributed by atoms with E-state index in [0.29, 0.717) is 24.4 Å². The molecule has 0 bridgehead atoms. The standard InChI is InChI=1S/C30H37N5O2/c1-19-15-22(13-14-31-19)29-25-17-23(9-11-26(25)33-34-29)30(37)32-24-7-4-5-20(16-24)18-35-27-8-3-2-6-21(27)10-12-28(35)36/h2-3,6,8,10,12-15,20,23-26,29,33-34H,4-5,7,9,11,16-18H2,1H3,(H,32,37). The zero-order valence-corrected chi connectivity index (χ0v) is 21.5. The summed E-state index contributed by atoms with van der Waals surface area (Å²) in [5.41, 5.74) is 10.3. The van der Waals surface area contributed by atoms with Crippen LogP contribution in [0.1, 0.15) is 62.2 Å². The number of carbonyl (C=O) groups is 1. The number of hydrogen-bond acceptors (Lipinski definition) is 5. The van der Waals surface area contributed by atoms with Gasteiger partial charge in [0, 0.05) is 42.5 Å². The Morgan fingerprint density at radius 1 is 1.05 bits per heavy atom.